The number of fused-ring (bicyclic) bond motifs is 3. The Kier molecular flexibility index (Phi) is 2.03. The van der Waals surface area contributed by atoms with Crippen molar-refractivity contribution >= 4 is 22.8 Å². The van der Waals surface area contributed by atoms with Crippen LogP contribution < -0.4 is 0 Å². The van der Waals surface area contributed by atoms with Gasteiger partial charge in [-0.2, -0.15) is 13.2 Å². The lowest BCUT2D eigenvalue weighted by atomic mass is 10.2. The van der Waals surface area contributed by atoms with Gasteiger partial charge in [0.05, 0.1) is 16.8 Å². The number of aromatic nitrogens is 2. The second-order valence-corrected chi connectivity index (χ2v) is 4.76. The Morgan fingerprint density at radius 1 is 1.35 bits per heavy atom. The zero-order chi connectivity index (χ0) is 12.3. The zero-order valence-corrected chi connectivity index (χ0v) is 9.22. The van der Waals surface area contributed by atoms with Crippen molar-refractivity contribution in [3.05, 3.63) is 24.3 Å². The molecule has 0 saturated carbocycles. The summed E-state index contributed by atoms with van der Waals surface area (Å²) in [5.74, 6) is -0.455. The normalized spacial score (nSPS) is 24.2. The molecule has 7 heteroatoms. The van der Waals surface area contributed by atoms with Gasteiger partial charge in [0.1, 0.15) is 0 Å². The first-order chi connectivity index (χ1) is 7.93. The molecule has 1 aromatic carbocycles. The molecule has 1 atom stereocenters. The Balaban J connectivity index is 2.32. The number of para-hydroxylation sites is 2. The highest BCUT2D eigenvalue weighted by atomic mass is 32.2. The van der Waals surface area contributed by atoms with Crippen molar-refractivity contribution in [3.63, 3.8) is 0 Å². The molecular formula is C10H7F3N2OS. The molecule has 3 nitrogen and oxygen atoms in total. The number of rotatable bonds is 0. The summed E-state index contributed by atoms with van der Waals surface area (Å²) in [7, 11) is 0. The van der Waals surface area contributed by atoms with E-state index in [1.54, 1.807) is 18.2 Å². The van der Waals surface area contributed by atoms with Gasteiger partial charge in [0, 0.05) is 0 Å². The summed E-state index contributed by atoms with van der Waals surface area (Å²) in [6.07, 6.45) is -4.71. The van der Waals surface area contributed by atoms with Gasteiger partial charge in [-0.1, -0.05) is 23.9 Å². The van der Waals surface area contributed by atoms with Crippen LogP contribution in [0, 0.1) is 0 Å². The Morgan fingerprint density at radius 2 is 2.06 bits per heavy atom. The third-order valence-corrected chi connectivity index (χ3v) is 3.84. The van der Waals surface area contributed by atoms with Gasteiger partial charge in [-0.3, -0.25) is 4.57 Å². The third-order valence-electron chi connectivity index (χ3n) is 2.76. The highest BCUT2D eigenvalue weighted by Crippen LogP contribution is 2.47. The van der Waals surface area contributed by atoms with Gasteiger partial charge in [-0.05, 0) is 12.1 Å². The van der Waals surface area contributed by atoms with Crippen molar-refractivity contribution in [2.45, 2.75) is 17.1 Å². The number of benzene rings is 1. The maximum absolute atomic E-state index is 12.9. The van der Waals surface area contributed by atoms with Crippen molar-refractivity contribution < 1.29 is 18.3 Å². The average Bonchev–Trinajstić information content (AvgIpc) is 2.76. The minimum Gasteiger partial charge on any atom is -0.362 e. The molecule has 1 N–H and O–H groups in total. The van der Waals surface area contributed by atoms with Gasteiger partial charge >= 0.3 is 6.18 Å². The predicted molar refractivity (Wildman–Crippen MR) is 56.7 cm³/mol. The number of aliphatic hydroxyl groups is 1. The number of alkyl halides is 3. The van der Waals surface area contributed by atoms with E-state index in [1.165, 1.54) is 6.07 Å². The lowest BCUT2D eigenvalue weighted by Gasteiger charge is -2.27. The van der Waals surface area contributed by atoms with E-state index in [0.717, 1.165) is 16.3 Å². The maximum Gasteiger partial charge on any atom is 0.437 e. The first kappa shape index (κ1) is 10.9. The van der Waals surface area contributed by atoms with Crippen LogP contribution in [0.5, 0.6) is 0 Å². The monoisotopic (exact) mass is 260 g/mol. The van der Waals surface area contributed by atoms with Crippen molar-refractivity contribution in [2.75, 3.05) is 5.75 Å². The molecular weight excluding hydrogens is 253 g/mol. The highest BCUT2D eigenvalue weighted by molar-refractivity contribution is 7.99. The molecule has 0 radical (unpaired) electrons. The SMILES string of the molecule is OC1(C(F)(F)F)CSc2nc3ccccc3n21. The number of thioether (sulfide) groups is 1. The molecule has 1 aromatic heterocycles. The lowest BCUT2D eigenvalue weighted by molar-refractivity contribution is -0.286. The zero-order valence-electron chi connectivity index (χ0n) is 8.40. The van der Waals surface area contributed by atoms with Crippen molar-refractivity contribution in [1.82, 2.24) is 9.55 Å². The quantitative estimate of drug-likeness (QED) is 0.790. The minimum absolute atomic E-state index is 0.200. The smallest absolute Gasteiger partial charge is 0.362 e. The Hall–Kier alpha value is -1.21. The maximum atomic E-state index is 12.9. The van der Waals surface area contributed by atoms with Crippen molar-refractivity contribution in [2.24, 2.45) is 0 Å². The van der Waals surface area contributed by atoms with Crippen LogP contribution in [-0.4, -0.2) is 26.6 Å². The Bertz CT molecular complexity index is 595. The van der Waals surface area contributed by atoms with Crippen LogP contribution in [0.25, 0.3) is 11.0 Å². The van der Waals surface area contributed by atoms with E-state index in [9.17, 15) is 18.3 Å². The molecule has 1 unspecified atom stereocenters. The fourth-order valence-electron chi connectivity index (χ4n) is 1.90. The van der Waals surface area contributed by atoms with Crippen LogP contribution in [0.3, 0.4) is 0 Å². The molecule has 3 rings (SSSR count). The van der Waals surface area contributed by atoms with Gasteiger partial charge in [-0.25, -0.2) is 4.98 Å². The van der Waals surface area contributed by atoms with Gasteiger partial charge < -0.3 is 5.11 Å². The molecule has 17 heavy (non-hydrogen) atoms. The van der Waals surface area contributed by atoms with Gasteiger partial charge in [0.15, 0.2) is 5.16 Å². The van der Waals surface area contributed by atoms with Gasteiger partial charge in [0.25, 0.3) is 5.72 Å². The summed E-state index contributed by atoms with van der Waals surface area (Å²) in [4.78, 5) is 4.07. The molecule has 0 aliphatic carbocycles. The molecule has 90 valence electrons. The fourth-order valence-corrected chi connectivity index (χ4v) is 3.06. The van der Waals surface area contributed by atoms with E-state index in [0.29, 0.717) is 11.0 Å². The lowest BCUT2D eigenvalue weighted by Crippen LogP contribution is -2.47. The van der Waals surface area contributed by atoms with Crippen LogP contribution in [0.4, 0.5) is 13.2 Å². The van der Waals surface area contributed by atoms with Crippen LogP contribution in [0.15, 0.2) is 29.4 Å². The molecule has 1 aliphatic heterocycles. The van der Waals surface area contributed by atoms with E-state index >= 15 is 0 Å². The van der Waals surface area contributed by atoms with E-state index < -0.39 is 17.7 Å². The number of halogens is 3. The van der Waals surface area contributed by atoms with E-state index in [1.807, 2.05) is 0 Å². The number of imidazole rings is 1. The van der Waals surface area contributed by atoms with Crippen molar-refractivity contribution in [1.29, 1.82) is 0 Å². The fraction of sp³-hybridized carbons (Fsp3) is 0.300. The molecule has 2 heterocycles. The number of hydrogen-bond acceptors (Lipinski definition) is 3. The molecule has 0 saturated heterocycles. The Morgan fingerprint density at radius 3 is 2.76 bits per heavy atom. The topological polar surface area (TPSA) is 38.1 Å². The Labute approximate surface area is 98.3 Å². The summed E-state index contributed by atoms with van der Waals surface area (Å²) < 4.78 is 39.6. The second-order valence-electron chi connectivity index (χ2n) is 3.82. The first-order valence-electron chi connectivity index (χ1n) is 4.83. The molecule has 2 aromatic rings. The van der Waals surface area contributed by atoms with Crippen LogP contribution >= 0.6 is 11.8 Å². The highest BCUT2D eigenvalue weighted by Gasteiger charge is 2.59. The summed E-state index contributed by atoms with van der Waals surface area (Å²) >= 11 is 0.909. The van der Waals surface area contributed by atoms with E-state index in [2.05, 4.69) is 4.98 Å². The van der Waals surface area contributed by atoms with Gasteiger partial charge in [0.2, 0.25) is 0 Å². The first-order valence-corrected chi connectivity index (χ1v) is 5.82. The largest absolute Gasteiger partial charge is 0.437 e. The summed E-state index contributed by atoms with van der Waals surface area (Å²) in [5.41, 5.74) is -2.10. The number of nitrogens with zero attached hydrogens (tertiary/aromatic N) is 2. The second kappa shape index (κ2) is 3.17. The summed E-state index contributed by atoms with van der Waals surface area (Å²) in [6, 6.07) is 6.46. The molecule has 0 amide bonds. The van der Waals surface area contributed by atoms with Crippen LogP contribution in [0.1, 0.15) is 0 Å². The molecule has 0 fully saturated rings. The number of hydrogen-bond donors (Lipinski definition) is 1. The van der Waals surface area contributed by atoms with E-state index in [-0.39, 0.29) is 5.16 Å². The van der Waals surface area contributed by atoms with Crippen molar-refractivity contribution in [3.8, 4) is 0 Å². The summed E-state index contributed by atoms with van der Waals surface area (Å²) in [6.45, 7) is 0. The summed E-state index contributed by atoms with van der Waals surface area (Å²) in [5, 5.41) is 10.0. The van der Waals surface area contributed by atoms with Gasteiger partial charge in [-0.15, -0.1) is 0 Å². The van der Waals surface area contributed by atoms with E-state index in [4.69, 9.17) is 0 Å². The van der Waals surface area contributed by atoms with Crippen LogP contribution in [0.2, 0.25) is 0 Å². The molecule has 1 aliphatic rings. The minimum atomic E-state index is -4.71. The molecule has 0 spiro atoms. The van der Waals surface area contributed by atoms with Crippen LogP contribution in [-0.2, 0) is 5.72 Å². The standard InChI is InChI=1S/C10H7F3N2OS/c11-10(12,13)9(16)5-17-8-14-6-3-1-2-4-7(6)15(8)9/h1-4,16H,5H2. The predicted octanol–water partition coefficient (Wildman–Crippen LogP) is 2.35. The molecule has 0 bridgehead atoms. The third kappa shape index (κ3) is 1.32. The average molecular weight is 260 g/mol.